The summed E-state index contributed by atoms with van der Waals surface area (Å²) >= 11 is 1.27. The van der Waals surface area contributed by atoms with Crippen LogP contribution in [0.2, 0.25) is 0 Å². The summed E-state index contributed by atoms with van der Waals surface area (Å²) in [6.45, 7) is 0.368. The molecule has 0 fully saturated rings. The summed E-state index contributed by atoms with van der Waals surface area (Å²) < 4.78 is 31.3. The lowest BCUT2D eigenvalue weighted by Gasteiger charge is -1.98. The molecule has 2 nitrogen and oxygen atoms in total. The Balaban J connectivity index is 2.38. The molecule has 0 saturated carbocycles. The van der Waals surface area contributed by atoms with Crippen LogP contribution in [0, 0.1) is 11.6 Å². The Morgan fingerprint density at radius 2 is 2.19 bits per heavy atom. The monoisotopic (exact) mass is 241 g/mol. The van der Waals surface area contributed by atoms with E-state index < -0.39 is 11.6 Å². The zero-order valence-corrected chi connectivity index (χ0v) is 9.35. The number of hydrogen-bond acceptors (Lipinski definition) is 3. The van der Waals surface area contributed by atoms with Gasteiger partial charge in [-0.25, -0.2) is 13.8 Å². The van der Waals surface area contributed by atoms with Crippen LogP contribution in [0.15, 0.2) is 23.6 Å². The Labute approximate surface area is 95.5 Å². The number of halogens is 2. The third-order valence-corrected chi connectivity index (χ3v) is 2.93. The minimum Gasteiger partial charge on any atom is -0.378 e. The molecule has 0 spiro atoms. The van der Waals surface area contributed by atoms with Crippen molar-refractivity contribution >= 4 is 11.3 Å². The fraction of sp³-hybridized carbons (Fsp3) is 0.182. The molecular formula is C11H9F2NOS. The van der Waals surface area contributed by atoms with Gasteiger partial charge in [-0.05, 0) is 18.2 Å². The maximum atomic E-state index is 13.4. The number of rotatable bonds is 3. The van der Waals surface area contributed by atoms with E-state index in [0.29, 0.717) is 17.3 Å². The van der Waals surface area contributed by atoms with Crippen LogP contribution in [0.4, 0.5) is 8.78 Å². The zero-order valence-electron chi connectivity index (χ0n) is 8.54. The quantitative estimate of drug-likeness (QED) is 0.823. The smallest absolute Gasteiger partial charge is 0.133 e. The molecule has 0 aliphatic rings. The van der Waals surface area contributed by atoms with Crippen LogP contribution in [-0.4, -0.2) is 12.1 Å². The number of methoxy groups -OCH3 is 1. The fourth-order valence-electron chi connectivity index (χ4n) is 1.31. The van der Waals surface area contributed by atoms with Crippen molar-refractivity contribution in [1.29, 1.82) is 0 Å². The maximum Gasteiger partial charge on any atom is 0.133 e. The minimum absolute atomic E-state index is 0.187. The zero-order chi connectivity index (χ0) is 11.5. The van der Waals surface area contributed by atoms with Crippen molar-refractivity contribution in [3.8, 4) is 10.6 Å². The molecule has 16 heavy (non-hydrogen) atoms. The molecule has 1 aromatic carbocycles. The van der Waals surface area contributed by atoms with E-state index in [1.54, 1.807) is 12.5 Å². The van der Waals surface area contributed by atoms with Crippen LogP contribution in [0.5, 0.6) is 0 Å². The normalized spacial score (nSPS) is 10.7. The Morgan fingerprint density at radius 1 is 1.38 bits per heavy atom. The first-order chi connectivity index (χ1) is 7.70. The van der Waals surface area contributed by atoms with Gasteiger partial charge in [-0.2, -0.15) is 0 Å². The molecule has 0 N–H and O–H groups in total. The van der Waals surface area contributed by atoms with Crippen molar-refractivity contribution in [3.05, 3.63) is 40.9 Å². The summed E-state index contributed by atoms with van der Waals surface area (Å²) in [7, 11) is 1.56. The van der Waals surface area contributed by atoms with Gasteiger partial charge in [0.05, 0.1) is 12.3 Å². The second-order valence-corrected chi connectivity index (χ2v) is 4.06. The van der Waals surface area contributed by atoms with Crippen molar-refractivity contribution in [2.75, 3.05) is 7.11 Å². The van der Waals surface area contributed by atoms with Crippen LogP contribution >= 0.6 is 11.3 Å². The number of aromatic nitrogens is 1. The highest BCUT2D eigenvalue weighted by Gasteiger charge is 2.10. The number of hydrogen-bond donors (Lipinski definition) is 0. The third kappa shape index (κ3) is 2.25. The average molecular weight is 241 g/mol. The maximum absolute atomic E-state index is 13.4. The summed E-state index contributed by atoms with van der Waals surface area (Å²) in [4.78, 5) is 4.16. The molecule has 0 bridgehead atoms. The summed E-state index contributed by atoms with van der Waals surface area (Å²) in [5.74, 6) is -0.945. The van der Waals surface area contributed by atoms with Gasteiger partial charge in [-0.1, -0.05) is 0 Å². The Kier molecular flexibility index (Phi) is 3.26. The van der Waals surface area contributed by atoms with Gasteiger partial charge in [0.15, 0.2) is 0 Å². The van der Waals surface area contributed by atoms with Crippen LogP contribution in [0.1, 0.15) is 5.69 Å². The van der Waals surface area contributed by atoms with E-state index in [0.717, 1.165) is 18.2 Å². The van der Waals surface area contributed by atoms with E-state index >= 15 is 0 Å². The highest BCUT2D eigenvalue weighted by atomic mass is 32.1. The molecule has 0 aliphatic heterocycles. The average Bonchev–Trinajstić information content (AvgIpc) is 2.71. The Bertz CT molecular complexity index is 498. The van der Waals surface area contributed by atoms with Crippen molar-refractivity contribution in [2.24, 2.45) is 0 Å². The number of ether oxygens (including phenoxy) is 1. The van der Waals surface area contributed by atoms with E-state index in [1.165, 1.54) is 11.3 Å². The lowest BCUT2D eigenvalue weighted by Crippen LogP contribution is -1.89. The van der Waals surface area contributed by atoms with Gasteiger partial charge < -0.3 is 4.74 Å². The van der Waals surface area contributed by atoms with Crippen molar-refractivity contribution in [2.45, 2.75) is 6.61 Å². The third-order valence-electron chi connectivity index (χ3n) is 2.00. The minimum atomic E-state index is -0.472. The van der Waals surface area contributed by atoms with Gasteiger partial charge in [-0.3, -0.25) is 0 Å². The Hall–Kier alpha value is -1.33. The summed E-state index contributed by atoms with van der Waals surface area (Å²) in [5.41, 5.74) is 0.901. The highest BCUT2D eigenvalue weighted by Crippen LogP contribution is 2.27. The molecule has 2 aromatic rings. The first-order valence-electron chi connectivity index (χ1n) is 4.59. The molecule has 2 rings (SSSR count). The summed E-state index contributed by atoms with van der Waals surface area (Å²) in [5, 5.41) is 2.23. The van der Waals surface area contributed by atoms with Crippen molar-refractivity contribution < 1.29 is 13.5 Å². The van der Waals surface area contributed by atoms with E-state index in [9.17, 15) is 8.78 Å². The number of nitrogens with zero attached hydrogens (tertiary/aromatic N) is 1. The van der Waals surface area contributed by atoms with Gasteiger partial charge >= 0.3 is 0 Å². The molecule has 1 aromatic heterocycles. The summed E-state index contributed by atoms with van der Waals surface area (Å²) in [6, 6.07) is 3.33. The van der Waals surface area contributed by atoms with Crippen molar-refractivity contribution in [1.82, 2.24) is 4.98 Å². The predicted molar refractivity (Wildman–Crippen MR) is 58.2 cm³/mol. The topological polar surface area (TPSA) is 22.1 Å². The number of benzene rings is 1. The predicted octanol–water partition coefficient (Wildman–Crippen LogP) is 3.23. The van der Waals surface area contributed by atoms with Gasteiger partial charge in [0.1, 0.15) is 16.6 Å². The molecule has 0 atom stereocenters. The molecule has 0 radical (unpaired) electrons. The van der Waals surface area contributed by atoms with Gasteiger partial charge in [0, 0.05) is 18.1 Å². The molecule has 5 heteroatoms. The van der Waals surface area contributed by atoms with Crippen LogP contribution in [0.25, 0.3) is 10.6 Å². The van der Waals surface area contributed by atoms with E-state index in [-0.39, 0.29) is 5.56 Å². The van der Waals surface area contributed by atoms with E-state index in [4.69, 9.17) is 4.74 Å². The molecule has 0 saturated heterocycles. The van der Waals surface area contributed by atoms with Crippen molar-refractivity contribution in [3.63, 3.8) is 0 Å². The van der Waals surface area contributed by atoms with E-state index in [1.807, 2.05) is 0 Å². The van der Waals surface area contributed by atoms with Gasteiger partial charge in [-0.15, -0.1) is 11.3 Å². The highest BCUT2D eigenvalue weighted by molar-refractivity contribution is 7.13. The molecule has 0 aliphatic carbocycles. The SMILES string of the molecule is COCc1csc(-c2cc(F)ccc2F)n1. The van der Waals surface area contributed by atoms with Gasteiger partial charge in [0.2, 0.25) is 0 Å². The molecule has 84 valence electrons. The van der Waals surface area contributed by atoms with Gasteiger partial charge in [0.25, 0.3) is 0 Å². The standard InChI is InChI=1S/C11H9F2NOS/c1-15-5-8-6-16-11(14-8)9-4-7(12)2-3-10(9)13/h2-4,6H,5H2,1H3. The largest absolute Gasteiger partial charge is 0.378 e. The molecular weight excluding hydrogens is 232 g/mol. The second-order valence-electron chi connectivity index (χ2n) is 3.20. The molecule has 1 heterocycles. The second kappa shape index (κ2) is 4.67. The lowest BCUT2D eigenvalue weighted by molar-refractivity contribution is 0.182. The first-order valence-corrected chi connectivity index (χ1v) is 5.47. The number of thiazole rings is 1. The van der Waals surface area contributed by atoms with Crippen LogP contribution < -0.4 is 0 Å². The van der Waals surface area contributed by atoms with Crippen LogP contribution in [0.3, 0.4) is 0 Å². The fourth-order valence-corrected chi connectivity index (χ4v) is 2.13. The Morgan fingerprint density at radius 3 is 2.94 bits per heavy atom. The summed E-state index contributed by atoms with van der Waals surface area (Å²) in [6.07, 6.45) is 0. The van der Waals surface area contributed by atoms with Crippen LogP contribution in [-0.2, 0) is 11.3 Å². The molecule has 0 amide bonds. The van der Waals surface area contributed by atoms with E-state index in [2.05, 4.69) is 4.98 Å². The molecule has 0 unspecified atom stereocenters. The first kappa shape index (κ1) is 11.2. The lowest BCUT2D eigenvalue weighted by atomic mass is 10.2.